The Morgan fingerprint density at radius 1 is 1.21 bits per heavy atom. The van der Waals surface area contributed by atoms with E-state index in [1.807, 2.05) is 35.0 Å². The highest BCUT2D eigenvalue weighted by Gasteiger charge is 2.38. The van der Waals surface area contributed by atoms with Crippen LogP contribution in [0.4, 0.5) is 17.5 Å². The second-order valence-corrected chi connectivity index (χ2v) is 7.56. The van der Waals surface area contributed by atoms with Crippen molar-refractivity contribution >= 4 is 17.5 Å². The minimum absolute atomic E-state index is 0.169. The summed E-state index contributed by atoms with van der Waals surface area (Å²) in [5.41, 5.74) is 1.78. The largest absolute Gasteiger partial charge is 0.495 e. The maximum atomic E-state index is 5.45. The summed E-state index contributed by atoms with van der Waals surface area (Å²) >= 11 is 0. The summed E-state index contributed by atoms with van der Waals surface area (Å²) in [5, 5.41) is 11.9. The van der Waals surface area contributed by atoms with Gasteiger partial charge in [-0.25, -0.2) is 4.98 Å². The molecule has 1 atom stereocenters. The normalized spacial score (nSPS) is 18.4. The van der Waals surface area contributed by atoms with E-state index in [9.17, 15) is 0 Å². The fourth-order valence-corrected chi connectivity index (χ4v) is 4.57. The van der Waals surface area contributed by atoms with Gasteiger partial charge in [-0.05, 0) is 31.4 Å². The summed E-state index contributed by atoms with van der Waals surface area (Å²) in [4.78, 5) is 12.0. The van der Waals surface area contributed by atoms with E-state index in [1.165, 1.54) is 25.7 Å². The molecule has 1 aromatic carbocycles. The lowest BCUT2D eigenvalue weighted by atomic mass is 10.0. The van der Waals surface area contributed by atoms with Crippen LogP contribution in [0.5, 0.6) is 5.75 Å². The lowest BCUT2D eigenvalue weighted by Crippen LogP contribution is -2.42. The van der Waals surface area contributed by atoms with Gasteiger partial charge in [-0.1, -0.05) is 31.9 Å². The van der Waals surface area contributed by atoms with Crippen LogP contribution in [0.15, 0.2) is 36.8 Å². The van der Waals surface area contributed by atoms with Gasteiger partial charge in [0.15, 0.2) is 11.6 Å². The third-order valence-corrected chi connectivity index (χ3v) is 5.92. The number of aromatic nitrogens is 5. The van der Waals surface area contributed by atoms with E-state index < -0.39 is 0 Å². The van der Waals surface area contributed by atoms with Crippen molar-refractivity contribution in [3.05, 3.63) is 42.6 Å². The number of nitrogens with one attached hydrogen (secondary N) is 1. The first-order valence-electron chi connectivity index (χ1n) is 10.3. The molecule has 1 fully saturated rings. The Labute approximate surface area is 170 Å². The maximum Gasteiger partial charge on any atom is 0.229 e. The number of fused-ring (bicyclic) bond motifs is 3. The van der Waals surface area contributed by atoms with Crippen LogP contribution < -0.4 is 15.0 Å². The van der Waals surface area contributed by atoms with Crippen LogP contribution in [0.2, 0.25) is 0 Å². The number of anilines is 3. The highest BCUT2D eigenvalue weighted by molar-refractivity contribution is 5.67. The third-order valence-electron chi connectivity index (χ3n) is 5.92. The number of hydrogen-bond donors (Lipinski definition) is 1. The Kier molecular flexibility index (Phi) is 4.54. The second kappa shape index (κ2) is 7.35. The predicted octanol–water partition coefficient (Wildman–Crippen LogP) is 4.02. The van der Waals surface area contributed by atoms with Gasteiger partial charge in [0.2, 0.25) is 5.95 Å². The smallest absolute Gasteiger partial charge is 0.229 e. The second-order valence-electron chi connectivity index (χ2n) is 7.56. The van der Waals surface area contributed by atoms with E-state index >= 15 is 0 Å². The lowest BCUT2D eigenvalue weighted by Gasteiger charge is -2.40. The molecule has 1 N–H and O–H groups in total. The molecule has 0 radical (unpaired) electrons. The molecule has 8 nitrogen and oxygen atoms in total. The summed E-state index contributed by atoms with van der Waals surface area (Å²) < 4.78 is 7.48. The van der Waals surface area contributed by atoms with Crippen molar-refractivity contribution in [1.82, 2.24) is 24.7 Å². The first-order chi connectivity index (χ1) is 14.3. The molecule has 1 aliphatic carbocycles. The standard InChI is InChI=1S/C21H25N7O/c1-3-16-20-26-23-13-27(20)17-12-22-21(24-15-10-6-7-11-18(15)29-2)25-19(17)28(16)14-8-4-5-9-14/h6-7,10-14,16H,3-5,8-9H2,1-2H3,(H,22,24,25)/t16-/m1/s1. The predicted molar refractivity (Wildman–Crippen MR) is 111 cm³/mol. The van der Waals surface area contributed by atoms with Gasteiger partial charge in [-0.2, -0.15) is 4.98 Å². The summed E-state index contributed by atoms with van der Waals surface area (Å²) in [5.74, 6) is 3.24. The molecule has 0 amide bonds. The zero-order chi connectivity index (χ0) is 19.8. The molecular formula is C21H25N7O. The third kappa shape index (κ3) is 2.99. The maximum absolute atomic E-state index is 5.45. The summed E-state index contributed by atoms with van der Waals surface area (Å²) in [6.07, 6.45) is 9.47. The molecule has 8 heteroatoms. The minimum Gasteiger partial charge on any atom is -0.495 e. The molecule has 3 heterocycles. The Morgan fingerprint density at radius 2 is 2.03 bits per heavy atom. The number of rotatable bonds is 5. The molecule has 29 heavy (non-hydrogen) atoms. The van der Waals surface area contributed by atoms with Crippen LogP contribution in [0, 0.1) is 0 Å². The molecule has 0 spiro atoms. The average molecular weight is 391 g/mol. The van der Waals surface area contributed by atoms with E-state index in [4.69, 9.17) is 9.72 Å². The van der Waals surface area contributed by atoms with Crippen LogP contribution in [-0.4, -0.2) is 37.9 Å². The number of ether oxygens (including phenoxy) is 1. The average Bonchev–Trinajstić information content (AvgIpc) is 3.45. The Hall–Kier alpha value is -3.16. The molecule has 0 unspecified atom stereocenters. The van der Waals surface area contributed by atoms with E-state index in [-0.39, 0.29) is 6.04 Å². The fourth-order valence-electron chi connectivity index (χ4n) is 4.57. The number of para-hydroxylation sites is 2. The van der Waals surface area contributed by atoms with Crippen molar-refractivity contribution in [2.45, 2.75) is 51.1 Å². The molecular weight excluding hydrogens is 366 g/mol. The van der Waals surface area contributed by atoms with Crippen LogP contribution in [0.25, 0.3) is 5.69 Å². The molecule has 0 bridgehead atoms. The molecule has 0 saturated heterocycles. The zero-order valence-electron chi connectivity index (χ0n) is 16.7. The van der Waals surface area contributed by atoms with Crippen LogP contribution in [-0.2, 0) is 0 Å². The fraction of sp³-hybridized carbons (Fsp3) is 0.429. The zero-order valence-corrected chi connectivity index (χ0v) is 16.7. The number of hydrogen-bond acceptors (Lipinski definition) is 7. The molecule has 1 aliphatic heterocycles. The van der Waals surface area contributed by atoms with Crippen molar-refractivity contribution in [3.8, 4) is 11.4 Å². The van der Waals surface area contributed by atoms with E-state index in [0.29, 0.717) is 12.0 Å². The van der Waals surface area contributed by atoms with Crippen LogP contribution in [0.1, 0.15) is 50.9 Å². The van der Waals surface area contributed by atoms with Gasteiger partial charge in [0.25, 0.3) is 0 Å². The van der Waals surface area contributed by atoms with Crippen molar-refractivity contribution in [2.24, 2.45) is 0 Å². The van der Waals surface area contributed by atoms with Gasteiger partial charge in [-0.15, -0.1) is 10.2 Å². The van der Waals surface area contributed by atoms with Crippen molar-refractivity contribution in [2.75, 3.05) is 17.3 Å². The number of methoxy groups -OCH3 is 1. The molecule has 2 aromatic heterocycles. The molecule has 1 saturated carbocycles. The van der Waals surface area contributed by atoms with Gasteiger partial charge in [0.1, 0.15) is 17.8 Å². The summed E-state index contributed by atoms with van der Waals surface area (Å²) in [6, 6.07) is 8.43. The van der Waals surface area contributed by atoms with Gasteiger partial charge >= 0.3 is 0 Å². The molecule has 2 aliphatic rings. The number of benzene rings is 1. The van der Waals surface area contributed by atoms with Gasteiger partial charge < -0.3 is 15.0 Å². The monoisotopic (exact) mass is 391 g/mol. The van der Waals surface area contributed by atoms with Crippen molar-refractivity contribution < 1.29 is 4.74 Å². The molecule has 5 rings (SSSR count). The van der Waals surface area contributed by atoms with Crippen LogP contribution >= 0.6 is 0 Å². The van der Waals surface area contributed by atoms with Crippen LogP contribution in [0.3, 0.4) is 0 Å². The van der Waals surface area contributed by atoms with Crippen molar-refractivity contribution in [3.63, 3.8) is 0 Å². The topological polar surface area (TPSA) is 81.0 Å². The van der Waals surface area contributed by atoms with Crippen molar-refractivity contribution in [1.29, 1.82) is 0 Å². The first kappa shape index (κ1) is 17.9. The highest BCUT2D eigenvalue weighted by Crippen LogP contribution is 2.42. The van der Waals surface area contributed by atoms with E-state index in [1.54, 1.807) is 13.4 Å². The minimum atomic E-state index is 0.169. The van der Waals surface area contributed by atoms with E-state index in [0.717, 1.165) is 35.2 Å². The van der Waals surface area contributed by atoms with Gasteiger partial charge in [0.05, 0.1) is 25.0 Å². The van der Waals surface area contributed by atoms with E-state index in [2.05, 4.69) is 32.3 Å². The number of nitrogens with zero attached hydrogens (tertiary/aromatic N) is 6. The summed E-state index contributed by atoms with van der Waals surface area (Å²) in [7, 11) is 1.66. The molecule has 150 valence electrons. The Balaban J connectivity index is 1.59. The Morgan fingerprint density at radius 3 is 2.83 bits per heavy atom. The lowest BCUT2D eigenvalue weighted by molar-refractivity contribution is 0.417. The highest BCUT2D eigenvalue weighted by atomic mass is 16.5. The SMILES string of the molecule is CC[C@@H]1c2nncn2-c2cnc(Nc3ccccc3OC)nc2N1C1CCCC1. The van der Waals surface area contributed by atoms with Gasteiger partial charge in [-0.3, -0.25) is 4.57 Å². The molecule has 3 aromatic rings. The Bertz CT molecular complexity index is 1010. The first-order valence-corrected chi connectivity index (χ1v) is 10.3. The quantitative estimate of drug-likeness (QED) is 0.703. The van der Waals surface area contributed by atoms with Gasteiger partial charge in [0, 0.05) is 6.04 Å². The summed E-state index contributed by atoms with van der Waals surface area (Å²) in [6.45, 7) is 2.20.